The molecular formula is C23H36N4O. The van der Waals surface area contributed by atoms with E-state index in [1.807, 2.05) is 12.3 Å². The van der Waals surface area contributed by atoms with Crippen LogP contribution in [-0.4, -0.2) is 48.0 Å². The maximum absolute atomic E-state index is 13.3. The Morgan fingerprint density at radius 2 is 1.89 bits per heavy atom. The summed E-state index contributed by atoms with van der Waals surface area (Å²) in [5, 5.41) is 0. The number of fused-ring (bicyclic) bond motifs is 2. The summed E-state index contributed by atoms with van der Waals surface area (Å²) in [6.45, 7) is 5.96. The summed E-state index contributed by atoms with van der Waals surface area (Å²) in [6, 6.07) is 6.45. The number of amides is 1. The minimum atomic E-state index is 0.212. The summed E-state index contributed by atoms with van der Waals surface area (Å²) in [6.07, 6.45) is 9.93. The van der Waals surface area contributed by atoms with E-state index in [1.165, 1.54) is 19.3 Å². The van der Waals surface area contributed by atoms with Gasteiger partial charge >= 0.3 is 0 Å². The number of hydrogen-bond acceptors (Lipinski definition) is 4. The summed E-state index contributed by atoms with van der Waals surface area (Å²) in [5.41, 5.74) is 6.43. The van der Waals surface area contributed by atoms with Gasteiger partial charge in [0.05, 0.1) is 0 Å². The fraction of sp³-hybridized carbons (Fsp3) is 0.739. The number of hydrogen-bond donors (Lipinski definition) is 1. The first-order chi connectivity index (χ1) is 13.7. The molecule has 0 spiro atoms. The molecule has 5 nitrogen and oxygen atoms in total. The highest BCUT2D eigenvalue weighted by molar-refractivity contribution is 5.79. The van der Waals surface area contributed by atoms with Crippen LogP contribution in [0.4, 0.5) is 5.82 Å². The maximum atomic E-state index is 13.3. The lowest BCUT2D eigenvalue weighted by Crippen LogP contribution is -2.50. The number of rotatable bonds is 5. The van der Waals surface area contributed by atoms with Crippen molar-refractivity contribution < 1.29 is 4.79 Å². The van der Waals surface area contributed by atoms with Gasteiger partial charge in [0.1, 0.15) is 5.82 Å². The van der Waals surface area contributed by atoms with Crippen LogP contribution < -0.4 is 10.6 Å². The van der Waals surface area contributed by atoms with E-state index < -0.39 is 0 Å². The third-order valence-corrected chi connectivity index (χ3v) is 7.52. The molecule has 1 amide bonds. The van der Waals surface area contributed by atoms with Crippen molar-refractivity contribution in [3.05, 3.63) is 24.4 Å². The second kappa shape index (κ2) is 8.81. The average Bonchev–Trinajstić information content (AvgIpc) is 2.72. The molecule has 1 aromatic rings. The zero-order valence-electron chi connectivity index (χ0n) is 17.3. The molecule has 2 atom stereocenters. The molecule has 154 valence electrons. The highest BCUT2D eigenvalue weighted by Gasteiger charge is 2.41. The number of nitrogens with two attached hydrogens (primary N) is 1. The molecule has 2 aliphatic carbocycles. The third-order valence-electron chi connectivity index (χ3n) is 7.52. The number of nitrogens with zero attached hydrogens (tertiary/aromatic N) is 3. The van der Waals surface area contributed by atoms with Crippen LogP contribution in [0.5, 0.6) is 0 Å². The summed E-state index contributed by atoms with van der Waals surface area (Å²) >= 11 is 0. The van der Waals surface area contributed by atoms with Crippen molar-refractivity contribution in [3.63, 3.8) is 0 Å². The highest BCUT2D eigenvalue weighted by atomic mass is 16.2. The topological polar surface area (TPSA) is 62.5 Å². The lowest BCUT2D eigenvalue weighted by molar-refractivity contribution is -0.139. The molecule has 1 saturated heterocycles. The zero-order valence-corrected chi connectivity index (χ0v) is 17.3. The van der Waals surface area contributed by atoms with Gasteiger partial charge in [-0.15, -0.1) is 0 Å². The first-order valence-corrected chi connectivity index (χ1v) is 11.4. The SMILES string of the molecule is CCN(CC1CCN(c2ccccn2)CC1)C(=O)C1CC2CCCC(C1)C2N. The van der Waals surface area contributed by atoms with Crippen molar-refractivity contribution in [1.82, 2.24) is 9.88 Å². The Labute approximate surface area is 169 Å². The van der Waals surface area contributed by atoms with Crippen LogP contribution in [0.15, 0.2) is 24.4 Å². The van der Waals surface area contributed by atoms with Crippen LogP contribution in [0, 0.1) is 23.7 Å². The Morgan fingerprint density at radius 1 is 1.18 bits per heavy atom. The summed E-state index contributed by atoms with van der Waals surface area (Å²) < 4.78 is 0. The van der Waals surface area contributed by atoms with Gasteiger partial charge in [0.15, 0.2) is 0 Å². The van der Waals surface area contributed by atoms with Crippen molar-refractivity contribution in [1.29, 1.82) is 0 Å². The molecule has 2 N–H and O–H groups in total. The number of piperidine rings is 1. The van der Waals surface area contributed by atoms with E-state index in [0.717, 1.165) is 57.7 Å². The molecule has 3 fully saturated rings. The molecule has 2 unspecified atom stereocenters. The Balaban J connectivity index is 1.30. The molecule has 2 heterocycles. The lowest BCUT2D eigenvalue weighted by atomic mass is 9.65. The lowest BCUT2D eigenvalue weighted by Gasteiger charge is -2.45. The Hall–Kier alpha value is -1.62. The number of carbonyl (C=O) groups is 1. The van der Waals surface area contributed by atoms with Crippen molar-refractivity contribution >= 4 is 11.7 Å². The van der Waals surface area contributed by atoms with E-state index >= 15 is 0 Å². The van der Waals surface area contributed by atoms with Gasteiger partial charge in [-0.25, -0.2) is 4.98 Å². The zero-order chi connectivity index (χ0) is 19.5. The molecule has 4 rings (SSSR count). The predicted molar refractivity (Wildman–Crippen MR) is 113 cm³/mol. The second-order valence-electron chi connectivity index (χ2n) is 9.19. The quantitative estimate of drug-likeness (QED) is 0.846. The Bertz CT molecular complexity index is 629. The number of pyridine rings is 1. The van der Waals surface area contributed by atoms with Gasteiger partial charge in [-0.3, -0.25) is 4.79 Å². The number of aromatic nitrogens is 1. The normalized spacial score (nSPS) is 30.9. The van der Waals surface area contributed by atoms with Gasteiger partial charge in [-0.2, -0.15) is 0 Å². The van der Waals surface area contributed by atoms with Gasteiger partial charge in [-0.05, 0) is 75.3 Å². The average molecular weight is 385 g/mol. The van der Waals surface area contributed by atoms with Crippen molar-refractivity contribution in [2.24, 2.45) is 29.4 Å². The third kappa shape index (κ3) is 4.19. The fourth-order valence-electron chi connectivity index (χ4n) is 5.82. The second-order valence-corrected chi connectivity index (χ2v) is 9.19. The van der Waals surface area contributed by atoms with Crippen LogP contribution in [0.3, 0.4) is 0 Å². The first-order valence-electron chi connectivity index (χ1n) is 11.4. The molecule has 28 heavy (non-hydrogen) atoms. The molecule has 5 heteroatoms. The predicted octanol–water partition coefficient (Wildman–Crippen LogP) is 3.30. The summed E-state index contributed by atoms with van der Waals surface area (Å²) in [5.74, 6) is 3.44. The van der Waals surface area contributed by atoms with Crippen molar-refractivity contribution in [2.75, 3.05) is 31.1 Å². The minimum absolute atomic E-state index is 0.212. The van der Waals surface area contributed by atoms with E-state index in [0.29, 0.717) is 29.7 Å². The fourth-order valence-corrected chi connectivity index (χ4v) is 5.82. The Morgan fingerprint density at radius 3 is 2.50 bits per heavy atom. The van der Waals surface area contributed by atoms with E-state index in [9.17, 15) is 4.79 Å². The van der Waals surface area contributed by atoms with Crippen LogP contribution >= 0.6 is 0 Å². The maximum Gasteiger partial charge on any atom is 0.225 e. The highest BCUT2D eigenvalue weighted by Crippen LogP contribution is 2.42. The number of anilines is 1. The molecule has 2 bridgehead atoms. The molecule has 0 aromatic carbocycles. The van der Waals surface area contributed by atoms with Gasteiger partial charge in [0.25, 0.3) is 0 Å². The van der Waals surface area contributed by atoms with E-state index in [4.69, 9.17) is 5.73 Å². The van der Waals surface area contributed by atoms with Gasteiger partial charge < -0.3 is 15.5 Å². The molecule has 3 aliphatic rings. The van der Waals surface area contributed by atoms with E-state index in [2.05, 4.69) is 33.8 Å². The molecule has 1 aliphatic heterocycles. The molecular weight excluding hydrogens is 348 g/mol. The summed E-state index contributed by atoms with van der Waals surface area (Å²) in [7, 11) is 0. The monoisotopic (exact) mass is 384 g/mol. The largest absolute Gasteiger partial charge is 0.357 e. The van der Waals surface area contributed by atoms with Gasteiger partial charge in [-0.1, -0.05) is 12.5 Å². The molecule has 0 radical (unpaired) electrons. The smallest absolute Gasteiger partial charge is 0.225 e. The van der Waals surface area contributed by atoms with E-state index in [1.54, 1.807) is 0 Å². The molecule has 1 aromatic heterocycles. The van der Waals surface area contributed by atoms with Crippen LogP contribution in [0.2, 0.25) is 0 Å². The van der Waals surface area contributed by atoms with Crippen LogP contribution in [-0.2, 0) is 4.79 Å². The van der Waals surface area contributed by atoms with Gasteiger partial charge in [0, 0.05) is 44.3 Å². The Kier molecular flexibility index (Phi) is 6.19. The van der Waals surface area contributed by atoms with Crippen LogP contribution in [0.25, 0.3) is 0 Å². The molecule has 2 saturated carbocycles. The minimum Gasteiger partial charge on any atom is -0.357 e. The van der Waals surface area contributed by atoms with Crippen molar-refractivity contribution in [2.45, 2.75) is 57.9 Å². The number of carbonyl (C=O) groups excluding carboxylic acids is 1. The van der Waals surface area contributed by atoms with Crippen LogP contribution in [0.1, 0.15) is 51.9 Å². The van der Waals surface area contributed by atoms with Gasteiger partial charge in [0.2, 0.25) is 5.91 Å². The van der Waals surface area contributed by atoms with Crippen molar-refractivity contribution in [3.8, 4) is 0 Å². The van der Waals surface area contributed by atoms with E-state index in [-0.39, 0.29) is 5.92 Å². The standard InChI is InChI=1S/C23H36N4O/c1-2-26(23(28)20-14-18-6-5-7-19(15-20)22(18)24)16-17-9-12-27(13-10-17)21-8-3-4-11-25-21/h3-4,8,11,17-20,22H,2,5-7,9-10,12-16,24H2,1H3. The first kappa shape index (κ1) is 19.7. The summed E-state index contributed by atoms with van der Waals surface area (Å²) in [4.78, 5) is 22.3.